The molecule has 1 heterocycles. The van der Waals surface area contributed by atoms with Gasteiger partial charge in [0.1, 0.15) is 11.9 Å². The molecular formula is C25H33N3O5. The number of aliphatic hydroxyl groups is 1. The summed E-state index contributed by atoms with van der Waals surface area (Å²) in [7, 11) is 1.65. The van der Waals surface area contributed by atoms with Crippen molar-refractivity contribution >= 4 is 11.8 Å². The van der Waals surface area contributed by atoms with Crippen LogP contribution in [0.4, 0.5) is 0 Å². The number of aliphatic hydroxyl groups excluding tert-OH is 1. The van der Waals surface area contributed by atoms with E-state index in [1.807, 2.05) is 61.5 Å². The lowest BCUT2D eigenvalue weighted by atomic mass is 9.86. The van der Waals surface area contributed by atoms with E-state index in [0.29, 0.717) is 44.2 Å². The number of rotatable bonds is 13. The monoisotopic (exact) mass is 455 g/mol. The normalized spacial score (nSPS) is 19.6. The fourth-order valence-corrected chi connectivity index (χ4v) is 3.61. The molecule has 2 aromatic carbocycles. The smallest absolute Gasteiger partial charge is 0.266 e. The number of carbonyl (C=O) groups excluding carboxylic acids is 1. The van der Waals surface area contributed by atoms with Gasteiger partial charge in [0.25, 0.3) is 5.91 Å². The van der Waals surface area contributed by atoms with Crippen LogP contribution >= 0.6 is 0 Å². The van der Waals surface area contributed by atoms with Crippen LogP contribution in [-0.2, 0) is 20.7 Å². The van der Waals surface area contributed by atoms with Crippen LogP contribution in [0.5, 0.6) is 5.75 Å². The number of benzene rings is 2. The molecule has 3 N–H and O–H groups in total. The lowest BCUT2D eigenvalue weighted by molar-refractivity contribution is -0.129. The van der Waals surface area contributed by atoms with Crippen molar-refractivity contribution in [1.82, 2.24) is 10.9 Å². The Morgan fingerprint density at radius 1 is 1.12 bits per heavy atom. The lowest BCUT2D eigenvalue weighted by Crippen LogP contribution is -2.56. The third-order valence-corrected chi connectivity index (χ3v) is 5.50. The van der Waals surface area contributed by atoms with Crippen LogP contribution in [0.3, 0.4) is 0 Å². The van der Waals surface area contributed by atoms with Crippen molar-refractivity contribution in [2.24, 2.45) is 4.99 Å². The lowest BCUT2D eigenvalue weighted by Gasteiger charge is -2.28. The maximum atomic E-state index is 13.4. The van der Waals surface area contributed by atoms with Crippen LogP contribution in [0.1, 0.15) is 30.9 Å². The van der Waals surface area contributed by atoms with Gasteiger partial charge in [-0.15, -0.1) is 0 Å². The molecule has 33 heavy (non-hydrogen) atoms. The fraction of sp³-hybridized carbons (Fsp3) is 0.440. The number of carbonyl (C=O) groups is 1. The van der Waals surface area contributed by atoms with Crippen molar-refractivity contribution in [2.45, 2.75) is 37.8 Å². The average molecular weight is 456 g/mol. The summed E-state index contributed by atoms with van der Waals surface area (Å²) in [6, 6.07) is 17.2. The van der Waals surface area contributed by atoms with Gasteiger partial charge in [-0.1, -0.05) is 30.3 Å². The molecule has 0 aliphatic carbocycles. The molecule has 0 radical (unpaired) electrons. The van der Waals surface area contributed by atoms with Gasteiger partial charge in [-0.25, -0.2) is 10.4 Å². The molecule has 0 saturated carbocycles. The number of ether oxygens (including phenoxy) is 3. The summed E-state index contributed by atoms with van der Waals surface area (Å²) in [5.74, 6) is 0.887. The van der Waals surface area contributed by atoms with Gasteiger partial charge in [-0.05, 0) is 43.2 Å². The molecule has 0 bridgehead atoms. The molecule has 2 atom stereocenters. The number of methoxy groups -OCH3 is 1. The van der Waals surface area contributed by atoms with E-state index in [2.05, 4.69) is 10.9 Å². The molecule has 0 spiro atoms. The van der Waals surface area contributed by atoms with Crippen molar-refractivity contribution < 1.29 is 24.1 Å². The van der Waals surface area contributed by atoms with Crippen LogP contribution in [0, 0.1) is 0 Å². The van der Waals surface area contributed by atoms with Crippen molar-refractivity contribution in [3.8, 4) is 5.75 Å². The summed E-state index contributed by atoms with van der Waals surface area (Å²) < 4.78 is 16.7. The summed E-state index contributed by atoms with van der Waals surface area (Å²) in [5.41, 5.74) is 6.45. The maximum absolute atomic E-state index is 13.4. The minimum atomic E-state index is -1.11. The van der Waals surface area contributed by atoms with E-state index >= 15 is 0 Å². The molecule has 0 aromatic heterocycles. The Morgan fingerprint density at radius 2 is 1.88 bits per heavy atom. The largest absolute Gasteiger partial charge is 0.494 e. The molecule has 0 fully saturated rings. The first-order valence-electron chi connectivity index (χ1n) is 11.3. The average Bonchev–Trinajstić information content (AvgIpc) is 3.17. The molecule has 178 valence electrons. The third-order valence-electron chi connectivity index (χ3n) is 5.50. The Morgan fingerprint density at radius 3 is 2.58 bits per heavy atom. The molecule has 1 amide bonds. The summed E-state index contributed by atoms with van der Waals surface area (Å²) in [5, 5.41) is 8.89. The Balaban J connectivity index is 1.80. The van der Waals surface area contributed by atoms with E-state index in [9.17, 15) is 4.79 Å². The van der Waals surface area contributed by atoms with E-state index in [1.54, 1.807) is 7.11 Å². The van der Waals surface area contributed by atoms with Crippen LogP contribution < -0.4 is 15.6 Å². The van der Waals surface area contributed by atoms with Gasteiger partial charge in [-0.2, -0.15) is 0 Å². The minimum Gasteiger partial charge on any atom is -0.494 e. The van der Waals surface area contributed by atoms with Gasteiger partial charge >= 0.3 is 0 Å². The SMILES string of the molecule is COCCCNNC(=O)[C@@]1(Cc2ccccc2)N=C(c2ccc(OCCCO)cc2)O[C@H]1C. The number of hydrogen-bond acceptors (Lipinski definition) is 7. The zero-order valence-electron chi connectivity index (χ0n) is 19.3. The zero-order valence-corrected chi connectivity index (χ0v) is 19.3. The fourth-order valence-electron chi connectivity index (χ4n) is 3.61. The molecule has 1 aliphatic heterocycles. The highest BCUT2D eigenvalue weighted by Crippen LogP contribution is 2.32. The Bertz CT molecular complexity index is 904. The van der Waals surface area contributed by atoms with E-state index in [4.69, 9.17) is 24.3 Å². The third kappa shape index (κ3) is 6.54. The van der Waals surface area contributed by atoms with Crippen LogP contribution in [0.15, 0.2) is 59.6 Å². The Kier molecular flexibility index (Phi) is 9.24. The number of amides is 1. The summed E-state index contributed by atoms with van der Waals surface area (Å²) >= 11 is 0. The first-order valence-corrected chi connectivity index (χ1v) is 11.3. The first kappa shape index (κ1) is 24.7. The number of hydrogen-bond donors (Lipinski definition) is 3. The van der Waals surface area contributed by atoms with Gasteiger partial charge in [0.2, 0.25) is 5.90 Å². The topological polar surface area (TPSA) is 101 Å². The molecule has 8 heteroatoms. The second-order valence-corrected chi connectivity index (χ2v) is 7.94. The van der Waals surface area contributed by atoms with E-state index < -0.39 is 11.6 Å². The van der Waals surface area contributed by atoms with Crippen molar-refractivity contribution in [2.75, 3.05) is 33.5 Å². The standard InChI is InChI=1S/C25H33N3O5/c1-19-25(18-20-8-4-3-5-9-20,24(30)28-26-14-6-16-31-2)27-23(33-19)21-10-12-22(13-11-21)32-17-7-15-29/h3-5,8-13,19,26,29H,6-7,14-18H2,1-2H3,(H,28,30)/t19-,25-/m0/s1. The minimum absolute atomic E-state index is 0.0907. The van der Waals surface area contributed by atoms with E-state index in [0.717, 1.165) is 17.5 Å². The number of nitrogens with zero attached hydrogens (tertiary/aromatic N) is 1. The molecule has 0 unspecified atom stereocenters. The van der Waals surface area contributed by atoms with Gasteiger partial charge in [-0.3, -0.25) is 10.2 Å². The first-order chi connectivity index (χ1) is 16.1. The van der Waals surface area contributed by atoms with Gasteiger partial charge in [0, 0.05) is 45.3 Å². The highest BCUT2D eigenvalue weighted by atomic mass is 16.5. The second kappa shape index (κ2) is 12.3. The van der Waals surface area contributed by atoms with Crippen LogP contribution in [0.2, 0.25) is 0 Å². The Labute approximate surface area is 194 Å². The van der Waals surface area contributed by atoms with Gasteiger partial charge in [0.05, 0.1) is 6.61 Å². The molecule has 2 aromatic rings. The summed E-state index contributed by atoms with van der Waals surface area (Å²) in [6.45, 7) is 3.61. The molecular weight excluding hydrogens is 422 g/mol. The van der Waals surface area contributed by atoms with Gasteiger partial charge < -0.3 is 19.3 Å². The zero-order chi connectivity index (χ0) is 23.5. The molecule has 3 rings (SSSR count). The summed E-state index contributed by atoms with van der Waals surface area (Å²) in [4.78, 5) is 18.2. The van der Waals surface area contributed by atoms with Crippen molar-refractivity contribution in [3.05, 3.63) is 65.7 Å². The molecule has 1 aliphatic rings. The van der Waals surface area contributed by atoms with Crippen molar-refractivity contribution in [1.29, 1.82) is 0 Å². The van der Waals surface area contributed by atoms with Crippen LogP contribution in [0.25, 0.3) is 0 Å². The quantitative estimate of drug-likeness (QED) is 0.316. The summed E-state index contributed by atoms with van der Waals surface area (Å²) in [6.07, 6.45) is 1.29. The highest BCUT2D eigenvalue weighted by Gasteiger charge is 2.50. The molecule has 8 nitrogen and oxygen atoms in total. The maximum Gasteiger partial charge on any atom is 0.266 e. The van der Waals surface area contributed by atoms with Crippen molar-refractivity contribution in [3.63, 3.8) is 0 Å². The number of hydrazine groups is 1. The van der Waals surface area contributed by atoms with E-state index in [1.165, 1.54) is 0 Å². The predicted octanol–water partition coefficient (Wildman–Crippen LogP) is 2.25. The second-order valence-electron chi connectivity index (χ2n) is 7.94. The number of nitrogens with one attached hydrogen (secondary N) is 2. The van der Waals surface area contributed by atoms with Gasteiger partial charge in [0.15, 0.2) is 5.54 Å². The number of aliphatic imine (C=N–C) groups is 1. The van der Waals surface area contributed by atoms with E-state index in [-0.39, 0.29) is 12.5 Å². The van der Waals surface area contributed by atoms with Crippen LogP contribution in [-0.4, -0.2) is 62.0 Å². The Hall–Kier alpha value is -2.94. The molecule has 0 saturated heterocycles. The highest BCUT2D eigenvalue weighted by molar-refractivity contribution is 6.00. The predicted molar refractivity (Wildman–Crippen MR) is 126 cm³/mol.